The number of nitrogens with one attached hydrogen (secondary N) is 1. The minimum Gasteiger partial charge on any atom is -0.507 e. The van der Waals surface area contributed by atoms with Crippen molar-refractivity contribution in [2.75, 3.05) is 18.4 Å². The molecule has 0 aliphatic heterocycles. The van der Waals surface area contributed by atoms with Gasteiger partial charge in [0.15, 0.2) is 5.69 Å². The van der Waals surface area contributed by atoms with Crippen molar-refractivity contribution in [2.24, 2.45) is 0 Å². The number of phenolic OH excluding ortho intramolecular Hbond substituents is 1. The van der Waals surface area contributed by atoms with Gasteiger partial charge in [0.1, 0.15) is 11.3 Å². The summed E-state index contributed by atoms with van der Waals surface area (Å²) in [7, 11) is -2.91. The third kappa shape index (κ3) is 4.83. The summed E-state index contributed by atoms with van der Waals surface area (Å²) in [5.41, 5.74) is 0.738. The molecule has 3 rings (SSSR count). The lowest BCUT2D eigenvalue weighted by molar-refractivity contribution is 0.0518. The second-order valence-corrected chi connectivity index (χ2v) is 7.87. The highest BCUT2D eigenvalue weighted by Gasteiger charge is 2.20. The number of sulfonamides is 1. The molecule has 0 bridgehead atoms. The van der Waals surface area contributed by atoms with Crippen LogP contribution in [0.2, 0.25) is 0 Å². The number of aromatic nitrogens is 2. The number of carbonyl (C=O) groups is 2. The second-order valence-electron chi connectivity index (χ2n) is 6.19. The highest BCUT2D eigenvalue weighted by molar-refractivity contribution is 7.92. The van der Waals surface area contributed by atoms with Gasteiger partial charge < -0.3 is 14.6 Å². The van der Waals surface area contributed by atoms with Crippen LogP contribution in [0.1, 0.15) is 27.8 Å². The summed E-state index contributed by atoms with van der Waals surface area (Å²) in [5.74, 6) is -1.79. The summed E-state index contributed by atoms with van der Waals surface area (Å²) in [5, 5.41) is 13.9. The SMILES string of the molecule is CCOC(=O)c1ccn(-c2ccc(NS(=O)(=O)c3ccc(O)c(C(=O)OC)c3)cc2)n1. The molecule has 3 aromatic rings. The van der Waals surface area contributed by atoms with Crippen molar-refractivity contribution in [3.63, 3.8) is 0 Å². The molecule has 2 aromatic carbocycles. The quantitative estimate of drug-likeness (QED) is 0.529. The van der Waals surface area contributed by atoms with Crippen LogP contribution in [-0.4, -0.2) is 49.0 Å². The number of carbonyl (C=O) groups excluding carboxylic acids is 2. The van der Waals surface area contributed by atoms with E-state index in [0.717, 1.165) is 19.2 Å². The Bertz CT molecular complexity index is 1220. The fourth-order valence-electron chi connectivity index (χ4n) is 2.63. The van der Waals surface area contributed by atoms with Crippen LogP contribution in [-0.2, 0) is 19.5 Å². The van der Waals surface area contributed by atoms with E-state index in [1.54, 1.807) is 25.3 Å². The molecule has 0 atom stereocenters. The summed E-state index contributed by atoms with van der Waals surface area (Å²) < 4.78 is 38.6. The summed E-state index contributed by atoms with van der Waals surface area (Å²) in [6.07, 6.45) is 1.58. The first-order chi connectivity index (χ1) is 14.7. The first-order valence-electron chi connectivity index (χ1n) is 9.02. The van der Waals surface area contributed by atoms with E-state index in [1.807, 2.05) is 0 Å². The molecule has 0 aliphatic rings. The molecule has 1 heterocycles. The number of benzene rings is 2. The van der Waals surface area contributed by atoms with Crippen LogP contribution in [0, 0.1) is 0 Å². The van der Waals surface area contributed by atoms with Crippen molar-refractivity contribution in [1.82, 2.24) is 9.78 Å². The van der Waals surface area contributed by atoms with Crippen LogP contribution in [0.4, 0.5) is 5.69 Å². The number of rotatable bonds is 7. The van der Waals surface area contributed by atoms with Gasteiger partial charge in [-0.25, -0.2) is 22.7 Å². The van der Waals surface area contributed by atoms with E-state index in [0.29, 0.717) is 5.69 Å². The molecular formula is C20H19N3O7S. The fraction of sp³-hybridized carbons (Fsp3) is 0.150. The third-order valence-electron chi connectivity index (χ3n) is 4.14. The molecule has 0 unspecified atom stereocenters. The minimum absolute atomic E-state index is 0.153. The topological polar surface area (TPSA) is 137 Å². The molecule has 31 heavy (non-hydrogen) atoms. The predicted molar refractivity (Wildman–Crippen MR) is 110 cm³/mol. The van der Waals surface area contributed by atoms with Crippen molar-refractivity contribution in [2.45, 2.75) is 11.8 Å². The number of nitrogens with zero attached hydrogens (tertiary/aromatic N) is 2. The molecule has 0 saturated heterocycles. The van der Waals surface area contributed by atoms with Crippen molar-refractivity contribution >= 4 is 27.6 Å². The molecule has 10 nitrogen and oxygen atoms in total. The maximum Gasteiger partial charge on any atom is 0.358 e. The average molecular weight is 445 g/mol. The van der Waals surface area contributed by atoms with E-state index in [9.17, 15) is 23.1 Å². The van der Waals surface area contributed by atoms with Crippen molar-refractivity contribution < 1.29 is 32.6 Å². The Labute approximate surface area is 178 Å². The molecule has 1 aromatic heterocycles. The number of hydrogen-bond acceptors (Lipinski definition) is 8. The second kappa shape index (κ2) is 8.88. The molecule has 0 fully saturated rings. The largest absolute Gasteiger partial charge is 0.507 e. The number of aromatic hydroxyl groups is 1. The lowest BCUT2D eigenvalue weighted by Crippen LogP contribution is -2.14. The molecule has 0 aliphatic carbocycles. The molecule has 0 saturated carbocycles. The van der Waals surface area contributed by atoms with Gasteiger partial charge in [0.2, 0.25) is 0 Å². The van der Waals surface area contributed by atoms with Gasteiger partial charge in [-0.05, 0) is 55.5 Å². The van der Waals surface area contributed by atoms with Crippen molar-refractivity contribution in [3.8, 4) is 11.4 Å². The monoisotopic (exact) mass is 445 g/mol. The Balaban J connectivity index is 1.79. The Morgan fingerprint density at radius 1 is 1.10 bits per heavy atom. The van der Waals surface area contributed by atoms with Gasteiger partial charge in [0.05, 0.1) is 24.3 Å². The fourth-order valence-corrected chi connectivity index (χ4v) is 3.72. The van der Waals surface area contributed by atoms with Crippen LogP contribution in [0.25, 0.3) is 5.69 Å². The smallest absolute Gasteiger partial charge is 0.358 e. The zero-order valence-corrected chi connectivity index (χ0v) is 17.4. The van der Waals surface area contributed by atoms with E-state index in [2.05, 4.69) is 14.6 Å². The van der Waals surface area contributed by atoms with E-state index in [-0.39, 0.29) is 28.4 Å². The number of anilines is 1. The standard InChI is InChI=1S/C20H19N3O7S/c1-3-30-20(26)17-10-11-23(21-17)14-6-4-13(5-7-14)22-31(27,28)15-8-9-18(24)16(12-15)19(25)29-2/h4-12,22,24H,3H2,1-2H3. The zero-order valence-electron chi connectivity index (χ0n) is 16.6. The van der Waals surface area contributed by atoms with Gasteiger partial charge in [0.25, 0.3) is 10.0 Å². The molecule has 11 heteroatoms. The van der Waals surface area contributed by atoms with E-state index >= 15 is 0 Å². The molecule has 0 radical (unpaired) electrons. The van der Waals surface area contributed by atoms with Gasteiger partial charge in [-0.15, -0.1) is 0 Å². The van der Waals surface area contributed by atoms with E-state index < -0.39 is 27.7 Å². The first-order valence-corrected chi connectivity index (χ1v) is 10.5. The Morgan fingerprint density at radius 3 is 2.45 bits per heavy atom. The van der Waals surface area contributed by atoms with Gasteiger partial charge in [-0.2, -0.15) is 5.10 Å². The van der Waals surface area contributed by atoms with E-state index in [1.165, 1.54) is 28.9 Å². The zero-order chi connectivity index (χ0) is 22.6. The van der Waals surface area contributed by atoms with Crippen molar-refractivity contribution in [3.05, 3.63) is 66.0 Å². The van der Waals surface area contributed by atoms with Crippen LogP contribution >= 0.6 is 0 Å². The van der Waals surface area contributed by atoms with Crippen LogP contribution in [0.5, 0.6) is 5.75 Å². The van der Waals surface area contributed by atoms with Gasteiger partial charge >= 0.3 is 11.9 Å². The van der Waals surface area contributed by atoms with Crippen LogP contribution < -0.4 is 4.72 Å². The van der Waals surface area contributed by atoms with Crippen LogP contribution in [0.15, 0.2) is 59.6 Å². The maximum absolute atomic E-state index is 12.7. The average Bonchev–Trinajstić information content (AvgIpc) is 3.24. The van der Waals surface area contributed by atoms with E-state index in [4.69, 9.17) is 4.74 Å². The minimum atomic E-state index is -4.04. The summed E-state index contributed by atoms with van der Waals surface area (Å²) in [6.45, 7) is 1.94. The Morgan fingerprint density at radius 2 is 1.81 bits per heavy atom. The molecular weight excluding hydrogens is 426 g/mol. The number of ether oxygens (including phenoxy) is 2. The maximum atomic E-state index is 12.7. The number of methoxy groups -OCH3 is 1. The molecule has 0 amide bonds. The molecule has 2 N–H and O–H groups in total. The predicted octanol–water partition coefficient (Wildman–Crippen LogP) is 2.34. The summed E-state index contributed by atoms with van der Waals surface area (Å²) in [4.78, 5) is 23.2. The normalized spacial score (nSPS) is 11.0. The van der Waals surface area contributed by atoms with Gasteiger partial charge in [0, 0.05) is 11.9 Å². The molecule has 162 valence electrons. The highest BCUT2D eigenvalue weighted by atomic mass is 32.2. The highest BCUT2D eigenvalue weighted by Crippen LogP contribution is 2.24. The van der Waals surface area contributed by atoms with Gasteiger partial charge in [-0.1, -0.05) is 0 Å². The molecule has 0 spiro atoms. The first kappa shape index (κ1) is 21.8. The lowest BCUT2D eigenvalue weighted by Gasteiger charge is -2.10. The number of phenols is 1. The van der Waals surface area contributed by atoms with Crippen molar-refractivity contribution in [1.29, 1.82) is 0 Å². The third-order valence-corrected chi connectivity index (χ3v) is 5.52. The number of hydrogen-bond donors (Lipinski definition) is 2. The summed E-state index contributed by atoms with van der Waals surface area (Å²) >= 11 is 0. The lowest BCUT2D eigenvalue weighted by atomic mass is 10.2. The Hall–Kier alpha value is -3.86. The van der Waals surface area contributed by atoms with Gasteiger partial charge in [-0.3, -0.25) is 4.72 Å². The van der Waals surface area contributed by atoms with Crippen LogP contribution in [0.3, 0.4) is 0 Å². The number of esters is 2. The Kier molecular flexibility index (Phi) is 6.25. The summed E-state index contributed by atoms with van der Waals surface area (Å²) in [6, 6.07) is 11.0.